The first-order valence-electron chi connectivity index (χ1n) is 3.26. The lowest BCUT2D eigenvalue weighted by Gasteiger charge is -2.06. The van der Waals surface area contributed by atoms with E-state index in [1.807, 2.05) is 0 Å². The number of carbonyl (C=O) groups is 2. The lowest BCUT2D eigenvalue weighted by atomic mass is 10.3. The molecule has 0 aromatic carbocycles. The molecular formula is C6H6F2O4. The van der Waals surface area contributed by atoms with Crippen molar-refractivity contribution in [2.24, 2.45) is 0 Å². The molecule has 0 N–H and O–H groups in total. The zero-order valence-electron chi connectivity index (χ0n) is 5.96. The van der Waals surface area contributed by atoms with Crippen LogP contribution in [0.4, 0.5) is 8.78 Å². The average molecular weight is 180 g/mol. The molecule has 6 heteroatoms. The minimum Gasteiger partial charge on any atom is -0.463 e. The van der Waals surface area contributed by atoms with Crippen LogP contribution in [-0.4, -0.2) is 31.1 Å². The third kappa shape index (κ3) is 1.90. The smallest absolute Gasteiger partial charge is 0.374 e. The monoisotopic (exact) mass is 180 g/mol. The number of cyclic esters (lactones) is 1. The zero-order chi connectivity index (χ0) is 9.14. The zero-order valence-corrected chi connectivity index (χ0v) is 5.96. The summed E-state index contributed by atoms with van der Waals surface area (Å²) in [4.78, 5) is 20.9. The van der Waals surface area contributed by atoms with Gasteiger partial charge in [0.15, 0.2) is 0 Å². The van der Waals surface area contributed by atoms with Crippen LogP contribution in [0.5, 0.6) is 0 Å². The predicted octanol–water partition coefficient (Wildman–Crippen LogP) is 0.110. The quantitative estimate of drug-likeness (QED) is 0.566. The molecule has 1 fully saturated rings. The van der Waals surface area contributed by atoms with E-state index in [1.165, 1.54) is 0 Å². The van der Waals surface area contributed by atoms with Gasteiger partial charge in [-0.1, -0.05) is 0 Å². The van der Waals surface area contributed by atoms with Crippen molar-refractivity contribution < 1.29 is 27.8 Å². The lowest BCUT2D eigenvalue weighted by molar-refractivity contribution is -0.168. The molecule has 0 aliphatic carbocycles. The van der Waals surface area contributed by atoms with Gasteiger partial charge in [0.2, 0.25) is 6.10 Å². The summed E-state index contributed by atoms with van der Waals surface area (Å²) < 4.78 is 31.7. The molecule has 0 amide bonds. The summed E-state index contributed by atoms with van der Waals surface area (Å²) in [5.74, 6) is -2.44. The van der Waals surface area contributed by atoms with E-state index >= 15 is 0 Å². The van der Waals surface area contributed by atoms with Crippen LogP contribution in [0.1, 0.15) is 6.42 Å². The number of carbonyl (C=O) groups excluding carboxylic acids is 2. The van der Waals surface area contributed by atoms with Crippen LogP contribution in [0, 0.1) is 0 Å². The summed E-state index contributed by atoms with van der Waals surface area (Å²) in [5, 5.41) is 0. The summed E-state index contributed by atoms with van der Waals surface area (Å²) in [6.07, 6.45) is -4.19. The molecule has 0 saturated carbocycles. The van der Waals surface area contributed by atoms with Crippen molar-refractivity contribution in [3.8, 4) is 0 Å². The van der Waals surface area contributed by atoms with Gasteiger partial charge in [-0.2, -0.15) is 8.78 Å². The Morgan fingerprint density at radius 1 is 1.67 bits per heavy atom. The highest BCUT2D eigenvalue weighted by Crippen LogP contribution is 2.11. The van der Waals surface area contributed by atoms with E-state index in [4.69, 9.17) is 0 Å². The maximum atomic E-state index is 11.6. The Labute approximate surface area is 66.4 Å². The van der Waals surface area contributed by atoms with Gasteiger partial charge < -0.3 is 9.47 Å². The Bertz CT molecular complexity index is 204. The molecule has 1 saturated heterocycles. The first-order valence-corrected chi connectivity index (χ1v) is 3.26. The van der Waals surface area contributed by atoms with Crippen molar-refractivity contribution in [1.29, 1.82) is 0 Å². The van der Waals surface area contributed by atoms with E-state index in [0.717, 1.165) is 0 Å². The molecule has 12 heavy (non-hydrogen) atoms. The van der Waals surface area contributed by atoms with Gasteiger partial charge >= 0.3 is 18.4 Å². The molecule has 68 valence electrons. The fraction of sp³-hybridized carbons (Fsp3) is 0.667. The number of hydrogen-bond acceptors (Lipinski definition) is 4. The van der Waals surface area contributed by atoms with Gasteiger partial charge in [-0.15, -0.1) is 0 Å². The van der Waals surface area contributed by atoms with Gasteiger partial charge in [0.1, 0.15) is 0 Å². The van der Waals surface area contributed by atoms with Crippen LogP contribution in [0.15, 0.2) is 0 Å². The highest BCUT2D eigenvalue weighted by molar-refractivity contribution is 5.81. The van der Waals surface area contributed by atoms with Gasteiger partial charge in [-0.25, -0.2) is 9.59 Å². The Kier molecular flexibility index (Phi) is 2.57. The summed E-state index contributed by atoms with van der Waals surface area (Å²) in [7, 11) is 0. The maximum Gasteiger partial charge on any atom is 0.374 e. The van der Waals surface area contributed by atoms with Gasteiger partial charge in [-0.05, 0) is 0 Å². The van der Waals surface area contributed by atoms with E-state index in [2.05, 4.69) is 9.47 Å². The van der Waals surface area contributed by atoms with Crippen molar-refractivity contribution >= 4 is 11.9 Å². The molecule has 0 radical (unpaired) electrons. The third-order valence-corrected chi connectivity index (χ3v) is 1.32. The fourth-order valence-corrected chi connectivity index (χ4v) is 0.776. The van der Waals surface area contributed by atoms with Crippen molar-refractivity contribution in [2.75, 3.05) is 6.61 Å². The van der Waals surface area contributed by atoms with Gasteiger partial charge in [0, 0.05) is 6.42 Å². The first kappa shape index (κ1) is 8.89. The number of rotatable bonds is 2. The summed E-state index contributed by atoms with van der Waals surface area (Å²) in [6.45, 7) is 0.111. The lowest BCUT2D eigenvalue weighted by Crippen LogP contribution is -2.26. The standard InChI is InChI=1S/C6H6F2O4/c7-4(8)6(10)12-3-1-2-11-5(3)9/h3-4H,1-2H2. The van der Waals surface area contributed by atoms with Gasteiger partial charge in [-0.3, -0.25) is 0 Å². The molecule has 0 bridgehead atoms. The minimum absolute atomic E-state index is 0.111. The summed E-state index contributed by atoms with van der Waals surface area (Å²) in [6, 6.07) is 0. The Morgan fingerprint density at radius 3 is 2.75 bits per heavy atom. The summed E-state index contributed by atoms with van der Waals surface area (Å²) in [5.41, 5.74) is 0. The molecule has 1 unspecified atom stereocenters. The second kappa shape index (κ2) is 3.46. The first-order chi connectivity index (χ1) is 5.61. The Hall–Kier alpha value is -1.20. The van der Waals surface area contributed by atoms with E-state index in [9.17, 15) is 18.4 Å². The van der Waals surface area contributed by atoms with E-state index in [1.54, 1.807) is 0 Å². The van der Waals surface area contributed by atoms with Crippen LogP contribution in [0.25, 0.3) is 0 Å². The van der Waals surface area contributed by atoms with E-state index in [0.29, 0.717) is 0 Å². The molecule has 4 nitrogen and oxygen atoms in total. The predicted molar refractivity (Wildman–Crippen MR) is 31.5 cm³/mol. The average Bonchev–Trinajstić information content (AvgIpc) is 2.36. The van der Waals surface area contributed by atoms with Gasteiger partial charge in [0.25, 0.3) is 0 Å². The van der Waals surface area contributed by atoms with E-state index in [-0.39, 0.29) is 13.0 Å². The molecule has 0 aromatic heterocycles. The number of alkyl halides is 2. The molecule has 1 heterocycles. The second-order valence-corrected chi connectivity index (χ2v) is 2.18. The van der Waals surface area contributed by atoms with Crippen molar-refractivity contribution in [2.45, 2.75) is 19.0 Å². The summed E-state index contributed by atoms with van der Waals surface area (Å²) >= 11 is 0. The maximum absolute atomic E-state index is 11.6. The molecule has 1 aliphatic rings. The van der Waals surface area contributed by atoms with Crippen LogP contribution >= 0.6 is 0 Å². The molecule has 1 atom stereocenters. The molecule has 1 aliphatic heterocycles. The second-order valence-electron chi connectivity index (χ2n) is 2.18. The number of ether oxygens (including phenoxy) is 2. The normalized spacial score (nSPS) is 22.6. The van der Waals surface area contributed by atoms with Crippen LogP contribution in [0.3, 0.4) is 0 Å². The largest absolute Gasteiger partial charge is 0.463 e. The highest BCUT2D eigenvalue weighted by atomic mass is 19.3. The SMILES string of the molecule is O=C(OC1CCOC1=O)C(F)F. The molecule has 0 aromatic rings. The van der Waals surface area contributed by atoms with Crippen molar-refractivity contribution in [3.63, 3.8) is 0 Å². The minimum atomic E-state index is -3.20. The Morgan fingerprint density at radius 2 is 2.33 bits per heavy atom. The highest BCUT2D eigenvalue weighted by Gasteiger charge is 2.32. The topological polar surface area (TPSA) is 52.6 Å². The van der Waals surface area contributed by atoms with Crippen molar-refractivity contribution in [1.82, 2.24) is 0 Å². The fourth-order valence-electron chi connectivity index (χ4n) is 0.776. The van der Waals surface area contributed by atoms with Crippen LogP contribution in [-0.2, 0) is 19.1 Å². The third-order valence-electron chi connectivity index (χ3n) is 1.32. The van der Waals surface area contributed by atoms with Gasteiger partial charge in [0.05, 0.1) is 6.61 Å². The number of halogens is 2. The Balaban J connectivity index is 2.40. The molecular weight excluding hydrogens is 174 g/mol. The van der Waals surface area contributed by atoms with Crippen LogP contribution < -0.4 is 0 Å². The number of esters is 2. The van der Waals surface area contributed by atoms with Crippen LogP contribution in [0.2, 0.25) is 0 Å². The van der Waals surface area contributed by atoms with E-state index < -0.39 is 24.5 Å². The number of hydrogen-bond donors (Lipinski definition) is 0. The van der Waals surface area contributed by atoms with Crippen molar-refractivity contribution in [3.05, 3.63) is 0 Å². The molecule has 0 spiro atoms. The molecule has 1 rings (SSSR count).